The third-order valence-corrected chi connectivity index (χ3v) is 3.77. The van der Waals surface area contributed by atoms with E-state index < -0.39 is 0 Å². The Bertz CT molecular complexity index is 656. The Morgan fingerprint density at radius 3 is 2.52 bits per heavy atom. The lowest BCUT2D eigenvalue weighted by Gasteiger charge is -2.22. The topological polar surface area (TPSA) is 46.1 Å². The van der Waals surface area contributed by atoms with E-state index in [2.05, 4.69) is 9.97 Å². The second-order valence-electron chi connectivity index (χ2n) is 5.02. The molecule has 1 aromatic heterocycles. The summed E-state index contributed by atoms with van der Waals surface area (Å²) in [4.78, 5) is 22.4. The summed E-state index contributed by atoms with van der Waals surface area (Å²) < 4.78 is 0. The van der Waals surface area contributed by atoms with Gasteiger partial charge in [-0.1, -0.05) is 35.3 Å². The van der Waals surface area contributed by atoms with Gasteiger partial charge in [0, 0.05) is 17.6 Å². The van der Waals surface area contributed by atoms with Crippen molar-refractivity contribution >= 4 is 29.1 Å². The van der Waals surface area contributed by atoms with Gasteiger partial charge in [0.25, 0.3) is 5.91 Å². The van der Waals surface area contributed by atoms with E-state index in [9.17, 15) is 4.79 Å². The molecule has 21 heavy (non-hydrogen) atoms. The van der Waals surface area contributed by atoms with Crippen LogP contribution in [-0.4, -0.2) is 26.8 Å². The minimum atomic E-state index is -0.137. The predicted octanol–water partition coefficient (Wildman–Crippen LogP) is 3.59. The standard InChI is InChI=1S/C15H13Cl2N3O/c16-11-3-1-10(2-4-11)9-20(12-5-6-12)15(21)13-7-18-8-14(17)19-13/h1-4,7-8,12H,5-6,9H2. The minimum Gasteiger partial charge on any atom is -0.330 e. The highest BCUT2D eigenvalue weighted by Crippen LogP contribution is 2.29. The second-order valence-corrected chi connectivity index (χ2v) is 5.84. The molecule has 3 rings (SSSR count). The molecule has 0 radical (unpaired) electrons. The third kappa shape index (κ3) is 3.52. The lowest BCUT2D eigenvalue weighted by Crippen LogP contribution is -2.33. The number of amides is 1. The Balaban J connectivity index is 1.81. The molecule has 0 bridgehead atoms. The molecule has 1 aromatic carbocycles. The van der Waals surface area contributed by atoms with Crippen molar-refractivity contribution in [1.29, 1.82) is 0 Å². The fourth-order valence-electron chi connectivity index (χ4n) is 2.13. The summed E-state index contributed by atoms with van der Waals surface area (Å²) in [6.45, 7) is 0.537. The van der Waals surface area contributed by atoms with Crippen LogP contribution >= 0.6 is 23.2 Å². The maximum Gasteiger partial charge on any atom is 0.274 e. The van der Waals surface area contributed by atoms with Crippen LogP contribution in [0.2, 0.25) is 10.2 Å². The SMILES string of the molecule is O=C(c1cncc(Cl)n1)N(Cc1ccc(Cl)cc1)C1CC1. The molecule has 1 heterocycles. The highest BCUT2D eigenvalue weighted by molar-refractivity contribution is 6.30. The van der Waals surface area contributed by atoms with Crippen LogP contribution in [0.15, 0.2) is 36.7 Å². The maximum atomic E-state index is 12.6. The molecule has 0 spiro atoms. The number of benzene rings is 1. The number of aromatic nitrogens is 2. The van der Waals surface area contributed by atoms with Crippen molar-refractivity contribution in [1.82, 2.24) is 14.9 Å². The van der Waals surface area contributed by atoms with Crippen LogP contribution in [-0.2, 0) is 6.54 Å². The highest BCUT2D eigenvalue weighted by Gasteiger charge is 2.33. The molecule has 1 fully saturated rings. The van der Waals surface area contributed by atoms with Crippen molar-refractivity contribution in [2.24, 2.45) is 0 Å². The average molecular weight is 322 g/mol. The Morgan fingerprint density at radius 2 is 1.90 bits per heavy atom. The molecule has 0 aliphatic heterocycles. The quantitative estimate of drug-likeness (QED) is 0.864. The molecular formula is C15H13Cl2N3O. The lowest BCUT2D eigenvalue weighted by atomic mass is 10.2. The van der Waals surface area contributed by atoms with Crippen molar-refractivity contribution in [3.8, 4) is 0 Å². The van der Waals surface area contributed by atoms with E-state index in [0.29, 0.717) is 11.6 Å². The van der Waals surface area contributed by atoms with Crippen molar-refractivity contribution in [3.05, 3.63) is 58.1 Å². The van der Waals surface area contributed by atoms with Gasteiger partial charge in [-0.15, -0.1) is 0 Å². The fourth-order valence-corrected chi connectivity index (χ4v) is 2.41. The van der Waals surface area contributed by atoms with Crippen molar-refractivity contribution in [2.45, 2.75) is 25.4 Å². The highest BCUT2D eigenvalue weighted by atomic mass is 35.5. The fraction of sp³-hybridized carbons (Fsp3) is 0.267. The van der Waals surface area contributed by atoms with E-state index in [1.165, 1.54) is 12.4 Å². The van der Waals surface area contributed by atoms with Crippen LogP contribution in [0.3, 0.4) is 0 Å². The van der Waals surface area contributed by atoms with Gasteiger partial charge in [-0.25, -0.2) is 4.98 Å². The van der Waals surface area contributed by atoms with E-state index in [1.54, 1.807) is 0 Å². The first-order valence-electron chi connectivity index (χ1n) is 6.66. The monoisotopic (exact) mass is 321 g/mol. The molecule has 0 saturated heterocycles. The van der Waals surface area contributed by atoms with Gasteiger partial charge in [0.05, 0.1) is 12.4 Å². The molecule has 1 aliphatic carbocycles. The molecule has 4 nitrogen and oxygen atoms in total. The number of carbonyl (C=O) groups is 1. The maximum absolute atomic E-state index is 12.6. The van der Waals surface area contributed by atoms with Crippen LogP contribution in [0.5, 0.6) is 0 Å². The van der Waals surface area contributed by atoms with Gasteiger partial charge in [0.1, 0.15) is 10.8 Å². The summed E-state index contributed by atoms with van der Waals surface area (Å²) in [5.41, 5.74) is 1.32. The first-order valence-corrected chi connectivity index (χ1v) is 7.42. The van der Waals surface area contributed by atoms with E-state index in [-0.39, 0.29) is 22.8 Å². The molecule has 108 valence electrons. The van der Waals surface area contributed by atoms with Gasteiger partial charge in [0.2, 0.25) is 0 Å². The Kier molecular flexibility index (Phi) is 4.08. The first-order chi connectivity index (χ1) is 10.1. The molecule has 0 unspecified atom stereocenters. The molecule has 2 aromatic rings. The zero-order valence-electron chi connectivity index (χ0n) is 11.2. The molecule has 0 atom stereocenters. The molecule has 1 amide bonds. The summed E-state index contributed by atoms with van der Waals surface area (Å²) in [7, 11) is 0. The summed E-state index contributed by atoms with van der Waals surface area (Å²) in [6.07, 6.45) is 4.91. The van der Waals surface area contributed by atoms with Crippen LogP contribution in [0.4, 0.5) is 0 Å². The summed E-state index contributed by atoms with van der Waals surface area (Å²) in [6, 6.07) is 7.77. The van der Waals surface area contributed by atoms with Gasteiger partial charge in [0.15, 0.2) is 0 Å². The van der Waals surface area contributed by atoms with Gasteiger partial charge in [-0.05, 0) is 30.5 Å². The van der Waals surface area contributed by atoms with Gasteiger partial charge >= 0.3 is 0 Å². The zero-order chi connectivity index (χ0) is 14.8. The van der Waals surface area contributed by atoms with Crippen molar-refractivity contribution in [3.63, 3.8) is 0 Å². The number of hydrogen-bond acceptors (Lipinski definition) is 3. The van der Waals surface area contributed by atoms with Crippen LogP contribution in [0, 0.1) is 0 Å². The van der Waals surface area contributed by atoms with E-state index >= 15 is 0 Å². The molecule has 1 saturated carbocycles. The van der Waals surface area contributed by atoms with E-state index in [4.69, 9.17) is 23.2 Å². The molecular weight excluding hydrogens is 309 g/mol. The first kappa shape index (κ1) is 14.3. The largest absolute Gasteiger partial charge is 0.330 e. The molecule has 0 N–H and O–H groups in total. The number of rotatable bonds is 4. The smallest absolute Gasteiger partial charge is 0.274 e. The van der Waals surface area contributed by atoms with Crippen LogP contribution < -0.4 is 0 Å². The predicted molar refractivity (Wildman–Crippen MR) is 81.4 cm³/mol. The van der Waals surface area contributed by atoms with Gasteiger partial charge in [-0.2, -0.15) is 0 Å². The zero-order valence-corrected chi connectivity index (χ0v) is 12.7. The summed E-state index contributed by atoms with van der Waals surface area (Å²) in [5, 5.41) is 0.909. The van der Waals surface area contributed by atoms with E-state index in [0.717, 1.165) is 18.4 Å². The van der Waals surface area contributed by atoms with Crippen LogP contribution in [0.25, 0.3) is 0 Å². The third-order valence-electron chi connectivity index (χ3n) is 3.34. The molecule has 1 aliphatic rings. The normalized spacial score (nSPS) is 14.0. The van der Waals surface area contributed by atoms with Crippen LogP contribution in [0.1, 0.15) is 28.9 Å². The van der Waals surface area contributed by atoms with Crippen molar-refractivity contribution < 1.29 is 4.79 Å². The van der Waals surface area contributed by atoms with Gasteiger partial charge in [-0.3, -0.25) is 9.78 Å². The number of nitrogens with zero attached hydrogens (tertiary/aromatic N) is 3. The number of carbonyl (C=O) groups excluding carboxylic acids is 1. The number of hydrogen-bond donors (Lipinski definition) is 0. The lowest BCUT2D eigenvalue weighted by molar-refractivity contribution is 0.0723. The second kappa shape index (κ2) is 6.00. The van der Waals surface area contributed by atoms with Gasteiger partial charge < -0.3 is 4.90 Å². The summed E-state index contributed by atoms with van der Waals surface area (Å²) in [5.74, 6) is -0.137. The Hall–Kier alpha value is -1.65. The van der Waals surface area contributed by atoms with E-state index in [1.807, 2.05) is 29.2 Å². The number of halogens is 2. The van der Waals surface area contributed by atoms with Crippen molar-refractivity contribution in [2.75, 3.05) is 0 Å². The summed E-state index contributed by atoms with van der Waals surface area (Å²) >= 11 is 11.7. The Labute approximate surface area is 132 Å². The molecule has 6 heteroatoms. The average Bonchev–Trinajstić information content (AvgIpc) is 3.30. The Morgan fingerprint density at radius 1 is 1.19 bits per heavy atom. The minimum absolute atomic E-state index is 0.137.